The first kappa shape index (κ1) is 22.5. The molecule has 0 aromatic heterocycles. The van der Waals surface area contributed by atoms with Crippen molar-refractivity contribution in [2.24, 2.45) is 0 Å². The van der Waals surface area contributed by atoms with Crippen LogP contribution in [0, 0.1) is 0 Å². The SMILES string of the molecule is [Al].[K].[Na].[O-][Si]([O-])([O-])[O-]. The molecule has 0 aromatic carbocycles. The van der Waals surface area contributed by atoms with Gasteiger partial charge in [-0.3, -0.25) is 0 Å². The minimum absolute atomic E-state index is 0. The van der Waals surface area contributed by atoms with Gasteiger partial charge < -0.3 is 28.2 Å². The second-order valence-corrected chi connectivity index (χ2v) is 1.50. The molecule has 0 heterocycles. The maximum atomic E-state index is 8.58. The maximum Gasteiger partial charge on any atom is 0 e. The zero-order valence-electron chi connectivity index (χ0n) is 4.71. The summed E-state index contributed by atoms with van der Waals surface area (Å²) in [6, 6.07) is 0. The monoisotopic (exact) mass is 181 g/mol. The maximum absolute atomic E-state index is 8.58. The average Bonchev–Trinajstić information content (AvgIpc) is 0.722. The molecule has 0 aromatic rings. The van der Waals surface area contributed by atoms with Crippen LogP contribution in [0.3, 0.4) is 0 Å². The Bertz CT molecular complexity index is 31.5. The van der Waals surface area contributed by atoms with E-state index in [4.69, 9.17) is 19.2 Å². The third kappa shape index (κ3) is 60.0. The number of hydrogen-bond donors (Lipinski definition) is 0. The van der Waals surface area contributed by atoms with E-state index in [1.54, 1.807) is 0 Å². The summed E-state index contributed by atoms with van der Waals surface area (Å²) in [7, 11) is -5.61. The molecule has 0 spiro atoms. The van der Waals surface area contributed by atoms with Gasteiger partial charge in [-0.25, -0.2) is 0 Å². The minimum Gasteiger partial charge on any atom is -0.894 e. The Morgan fingerprint density at radius 2 is 0.875 bits per heavy atom. The van der Waals surface area contributed by atoms with Gasteiger partial charge in [-0.2, -0.15) is 0 Å². The molecule has 0 rings (SSSR count). The molecule has 0 fully saturated rings. The van der Waals surface area contributed by atoms with Gasteiger partial charge >= 0.3 is 0 Å². The smallest absolute Gasteiger partial charge is 0 e. The van der Waals surface area contributed by atoms with E-state index in [9.17, 15) is 0 Å². The molecule has 0 aliphatic heterocycles. The van der Waals surface area contributed by atoms with Crippen molar-refractivity contribution in [2.75, 3.05) is 0 Å². The summed E-state index contributed by atoms with van der Waals surface area (Å²) in [5, 5.41) is 0. The zero-order valence-corrected chi connectivity index (χ0v) is 12.0. The summed E-state index contributed by atoms with van der Waals surface area (Å²) in [6.45, 7) is 0. The van der Waals surface area contributed by atoms with Crippen LogP contribution in [-0.2, 0) is 0 Å². The molecule has 0 aliphatic rings. The quantitative estimate of drug-likeness (QED) is 0.347. The summed E-state index contributed by atoms with van der Waals surface area (Å²) in [5.41, 5.74) is 0. The molecule has 0 N–H and O–H groups in total. The Morgan fingerprint density at radius 1 is 0.875 bits per heavy atom. The van der Waals surface area contributed by atoms with E-state index in [2.05, 4.69) is 0 Å². The first-order valence-corrected chi connectivity index (χ1v) is 2.45. The first-order chi connectivity index (χ1) is 2.00. The molecule has 8 heavy (non-hydrogen) atoms. The van der Waals surface area contributed by atoms with Crippen molar-refractivity contribution < 1.29 is 19.2 Å². The Balaban J connectivity index is -0.0000000267. The molecule has 0 saturated carbocycles. The summed E-state index contributed by atoms with van der Waals surface area (Å²) >= 11 is 0. The molecule has 8 heteroatoms. The van der Waals surface area contributed by atoms with E-state index >= 15 is 0 Å². The van der Waals surface area contributed by atoms with Crippen LogP contribution < -0.4 is 19.2 Å². The minimum atomic E-state index is -5.61. The van der Waals surface area contributed by atoms with E-state index in [0.717, 1.165) is 0 Å². The van der Waals surface area contributed by atoms with Crippen LogP contribution in [0.2, 0.25) is 0 Å². The van der Waals surface area contributed by atoms with Crippen LogP contribution >= 0.6 is 0 Å². The predicted molar refractivity (Wildman–Crippen MR) is 23.0 cm³/mol. The fourth-order valence-electron chi connectivity index (χ4n) is 0. The second kappa shape index (κ2) is 10.2. The van der Waals surface area contributed by atoms with Crippen LogP contribution in [0.5, 0.6) is 0 Å². The van der Waals surface area contributed by atoms with Crippen LogP contribution in [0.25, 0.3) is 0 Å². The van der Waals surface area contributed by atoms with Crippen molar-refractivity contribution >= 4 is 107 Å². The molecule has 37 valence electrons. The van der Waals surface area contributed by atoms with E-state index < -0.39 is 9.05 Å². The summed E-state index contributed by atoms with van der Waals surface area (Å²) in [4.78, 5) is 34.3. The summed E-state index contributed by atoms with van der Waals surface area (Å²) in [5.74, 6) is 0. The van der Waals surface area contributed by atoms with Crippen LogP contribution in [-0.4, -0.2) is 107 Å². The van der Waals surface area contributed by atoms with Gasteiger partial charge in [-0.1, -0.05) is 0 Å². The van der Waals surface area contributed by atoms with Crippen LogP contribution in [0.15, 0.2) is 0 Å². The molecule has 0 saturated heterocycles. The zero-order chi connectivity index (χ0) is 4.50. The predicted octanol–water partition coefficient (Wildman–Crippen LogP) is -6.28. The Hall–Kier alpha value is 3.23. The molecule has 0 atom stereocenters. The van der Waals surface area contributed by atoms with Gasteiger partial charge in [0.25, 0.3) is 0 Å². The summed E-state index contributed by atoms with van der Waals surface area (Å²) < 4.78 is 0. The van der Waals surface area contributed by atoms with Crippen molar-refractivity contribution in [1.82, 2.24) is 0 Å². The van der Waals surface area contributed by atoms with Gasteiger partial charge in [0.1, 0.15) is 0 Å². The third-order valence-electron chi connectivity index (χ3n) is 0. The topological polar surface area (TPSA) is 92.2 Å². The Morgan fingerprint density at radius 3 is 0.875 bits per heavy atom. The molecule has 0 bridgehead atoms. The number of rotatable bonds is 0. The van der Waals surface area contributed by atoms with Crippen molar-refractivity contribution in [1.29, 1.82) is 0 Å². The van der Waals surface area contributed by atoms with E-state index in [1.165, 1.54) is 0 Å². The van der Waals surface area contributed by atoms with Gasteiger partial charge in [0.15, 0.2) is 0 Å². The van der Waals surface area contributed by atoms with Gasteiger partial charge in [-0.05, 0) is 0 Å². The van der Waals surface area contributed by atoms with Crippen molar-refractivity contribution in [2.45, 2.75) is 0 Å². The molecule has 5 radical (unpaired) electrons. The Kier molecular flexibility index (Phi) is 28.7. The van der Waals surface area contributed by atoms with Crippen LogP contribution in [0.1, 0.15) is 0 Å². The van der Waals surface area contributed by atoms with Gasteiger partial charge in [0.2, 0.25) is 0 Å². The van der Waals surface area contributed by atoms with Crippen molar-refractivity contribution in [3.05, 3.63) is 0 Å². The van der Waals surface area contributed by atoms with Crippen molar-refractivity contribution in [3.63, 3.8) is 0 Å². The van der Waals surface area contributed by atoms with Crippen LogP contribution in [0.4, 0.5) is 0 Å². The van der Waals surface area contributed by atoms with Gasteiger partial charge in [0, 0.05) is 98.3 Å². The molecule has 0 aliphatic carbocycles. The standard InChI is InChI=1S/Al.K.Na.O4Si/c;;;1-5(2,3)4/q;;;-4. The fraction of sp³-hybridized carbons (Fsp3) is 0. The van der Waals surface area contributed by atoms with E-state index in [1.807, 2.05) is 0 Å². The first-order valence-electron chi connectivity index (χ1n) is 0.816. The van der Waals surface area contributed by atoms with Gasteiger partial charge in [-0.15, -0.1) is 0 Å². The second-order valence-electron chi connectivity index (χ2n) is 0.500. The van der Waals surface area contributed by atoms with Crippen molar-refractivity contribution in [3.8, 4) is 0 Å². The summed E-state index contributed by atoms with van der Waals surface area (Å²) in [6.07, 6.45) is 0. The largest absolute Gasteiger partial charge is 0.894 e. The average molecular weight is 181 g/mol. The molecule has 0 amide bonds. The molecule has 4 nitrogen and oxygen atoms in total. The molecular formula is AlKNaO4Si-4. The number of hydrogen-bond acceptors (Lipinski definition) is 4. The van der Waals surface area contributed by atoms with Gasteiger partial charge in [0.05, 0.1) is 0 Å². The molecular weight excluding hydrogens is 181 g/mol. The van der Waals surface area contributed by atoms with E-state index in [0.29, 0.717) is 0 Å². The normalized spacial score (nSPS) is 7.50. The van der Waals surface area contributed by atoms with E-state index in [-0.39, 0.29) is 98.3 Å². The third-order valence-corrected chi connectivity index (χ3v) is 0. The Labute approximate surface area is 124 Å². The molecule has 0 unspecified atom stereocenters. The fourth-order valence-corrected chi connectivity index (χ4v) is 0.